The predicted molar refractivity (Wildman–Crippen MR) is 132 cm³/mol. The quantitative estimate of drug-likeness (QED) is 0.268. The van der Waals surface area contributed by atoms with Gasteiger partial charge in [0.05, 0.1) is 0 Å². The lowest BCUT2D eigenvalue weighted by molar-refractivity contribution is 0.0170. The Balaban J connectivity index is 0.00000240. The van der Waals surface area contributed by atoms with Crippen molar-refractivity contribution in [1.82, 2.24) is 24.9 Å². The van der Waals surface area contributed by atoms with Crippen LogP contribution in [0.5, 0.6) is 0 Å². The molecule has 1 unspecified atom stereocenters. The lowest BCUT2D eigenvalue weighted by atomic mass is 9.84. The van der Waals surface area contributed by atoms with Crippen LogP contribution < -0.4 is 5.32 Å². The Kier molecular flexibility index (Phi) is 8.65. The van der Waals surface area contributed by atoms with Crippen LogP contribution >= 0.6 is 24.0 Å². The summed E-state index contributed by atoms with van der Waals surface area (Å²) >= 11 is 0. The Labute approximate surface area is 194 Å². The molecule has 0 aromatic carbocycles. The molecule has 0 saturated carbocycles. The van der Waals surface area contributed by atoms with Gasteiger partial charge in [0.15, 0.2) is 5.96 Å². The van der Waals surface area contributed by atoms with E-state index >= 15 is 0 Å². The number of hydrogen-bond donors (Lipinski definition) is 1. The number of aliphatic imine (C=N–C) groups is 1. The molecule has 166 valence electrons. The monoisotopic (exact) mass is 516 g/mol. The predicted octanol–water partition coefficient (Wildman–Crippen LogP) is 2.08. The summed E-state index contributed by atoms with van der Waals surface area (Å²) in [6.45, 7) is 10.5. The highest BCUT2D eigenvalue weighted by Crippen LogP contribution is 2.31. The fourth-order valence-electron chi connectivity index (χ4n) is 5.61. The molecule has 4 aliphatic heterocycles. The van der Waals surface area contributed by atoms with Crippen molar-refractivity contribution in [2.24, 2.45) is 4.99 Å². The third-order valence-electron chi connectivity index (χ3n) is 7.56. The Bertz CT molecular complexity index is 558. The third kappa shape index (κ3) is 5.46. The number of nitrogens with one attached hydrogen (secondary N) is 1. The van der Waals surface area contributed by atoms with Crippen molar-refractivity contribution in [3.63, 3.8) is 0 Å². The van der Waals surface area contributed by atoms with Gasteiger partial charge in [-0.1, -0.05) is 18.6 Å². The smallest absolute Gasteiger partial charge is 0.193 e. The van der Waals surface area contributed by atoms with E-state index in [4.69, 9.17) is 0 Å². The SMILES string of the molecule is CN=C(NCC1(N2CCCCC2)CCN(C)CC1)N1CCC(N2CC=CC2)C1.I. The van der Waals surface area contributed by atoms with Crippen LogP contribution in [0.4, 0.5) is 0 Å². The van der Waals surface area contributed by atoms with Crippen molar-refractivity contribution < 1.29 is 0 Å². The molecule has 1 N–H and O–H groups in total. The van der Waals surface area contributed by atoms with Gasteiger partial charge < -0.3 is 15.1 Å². The molecule has 0 amide bonds. The van der Waals surface area contributed by atoms with E-state index in [1.165, 1.54) is 64.7 Å². The van der Waals surface area contributed by atoms with Crippen molar-refractivity contribution >= 4 is 29.9 Å². The Morgan fingerprint density at radius 2 is 1.72 bits per heavy atom. The minimum atomic E-state index is 0. The van der Waals surface area contributed by atoms with Crippen LogP contribution in [0.2, 0.25) is 0 Å². The minimum Gasteiger partial charge on any atom is -0.354 e. The number of rotatable bonds is 4. The standard InChI is InChI=1S/C22H40N6.HI/c1-23-21(27-15-8-20(18-27)26-11-6-7-12-26)24-19-22(9-16-25(2)17-10-22)28-13-4-3-5-14-28;/h6-7,20H,3-5,8-19H2,1-2H3,(H,23,24);1H. The van der Waals surface area contributed by atoms with E-state index in [2.05, 4.69) is 49.1 Å². The molecule has 3 saturated heterocycles. The van der Waals surface area contributed by atoms with E-state index in [-0.39, 0.29) is 24.0 Å². The van der Waals surface area contributed by atoms with Crippen molar-refractivity contribution in [3.8, 4) is 0 Å². The molecule has 0 radical (unpaired) electrons. The van der Waals surface area contributed by atoms with Gasteiger partial charge in [0.2, 0.25) is 0 Å². The molecule has 6 nitrogen and oxygen atoms in total. The van der Waals surface area contributed by atoms with E-state index in [0.717, 1.165) is 38.7 Å². The van der Waals surface area contributed by atoms with Crippen LogP contribution in [-0.2, 0) is 0 Å². The maximum absolute atomic E-state index is 4.68. The zero-order chi connectivity index (χ0) is 19.4. The number of guanidine groups is 1. The molecule has 0 bridgehead atoms. The summed E-state index contributed by atoms with van der Waals surface area (Å²) in [7, 11) is 4.22. The lowest BCUT2D eigenvalue weighted by Gasteiger charge is -2.50. The zero-order valence-electron chi connectivity index (χ0n) is 18.5. The highest BCUT2D eigenvalue weighted by Gasteiger charge is 2.40. The number of hydrogen-bond acceptors (Lipinski definition) is 4. The molecule has 3 fully saturated rings. The molecular weight excluding hydrogens is 475 g/mol. The zero-order valence-corrected chi connectivity index (χ0v) is 20.8. The molecule has 0 aromatic rings. The first-order valence-electron chi connectivity index (χ1n) is 11.5. The van der Waals surface area contributed by atoms with Gasteiger partial charge in [-0.2, -0.15) is 0 Å². The first-order chi connectivity index (χ1) is 13.7. The summed E-state index contributed by atoms with van der Waals surface area (Å²) in [6, 6.07) is 0.674. The van der Waals surface area contributed by atoms with E-state index in [1.54, 1.807) is 0 Å². The van der Waals surface area contributed by atoms with Crippen LogP contribution in [0, 0.1) is 0 Å². The fraction of sp³-hybridized carbons (Fsp3) is 0.864. The highest BCUT2D eigenvalue weighted by molar-refractivity contribution is 14.0. The summed E-state index contributed by atoms with van der Waals surface area (Å²) < 4.78 is 0. The fourth-order valence-corrected chi connectivity index (χ4v) is 5.61. The van der Waals surface area contributed by atoms with Gasteiger partial charge in [0.25, 0.3) is 0 Å². The normalized spacial score (nSPS) is 29.2. The molecule has 7 heteroatoms. The van der Waals surface area contributed by atoms with Gasteiger partial charge in [-0.25, -0.2) is 0 Å². The summed E-state index contributed by atoms with van der Waals surface area (Å²) in [5, 5.41) is 3.83. The molecule has 29 heavy (non-hydrogen) atoms. The molecule has 1 atom stereocenters. The number of likely N-dealkylation sites (tertiary alicyclic amines) is 3. The molecule has 0 spiro atoms. The van der Waals surface area contributed by atoms with Crippen LogP contribution in [-0.4, -0.2) is 110 Å². The number of piperidine rings is 2. The molecule has 4 rings (SSSR count). The Morgan fingerprint density at radius 3 is 2.38 bits per heavy atom. The van der Waals surface area contributed by atoms with Gasteiger partial charge >= 0.3 is 0 Å². The van der Waals surface area contributed by atoms with Gasteiger partial charge in [-0.05, 0) is 65.3 Å². The summed E-state index contributed by atoms with van der Waals surface area (Å²) in [6.07, 6.45) is 12.5. The average Bonchev–Trinajstić information content (AvgIpc) is 3.43. The first kappa shape index (κ1) is 23.3. The third-order valence-corrected chi connectivity index (χ3v) is 7.56. The van der Waals surface area contributed by atoms with Gasteiger partial charge in [-0.15, -0.1) is 24.0 Å². The number of halogens is 1. The minimum absolute atomic E-state index is 0. The first-order valence-corrected chi connectivity index (χ1v) is 11.5. The maximum atomic E-state index is 4.68. The second-order valence-electron chi connectivity index (χ2n) is 9.29. The average molecular weight is 517 g/mol. The van der Waals surface area contributed by atoms with Crippen molar-refractivity contribution in [2.45, 2.75) is 50.1 Å². The lowest BCUT2D eigenvalue weighted by Crippen LogP contribution is -2.62. The second-order valence-corrected chi connectivity index (χ2v) is 9.29. The van der Waals surface area contributed by atoms with Crippen LogP contribution in [0.1, 0.15) is 38.5 Å². The van der Waals surface area contributed by atoms with E-state index in [0.29, 0.717) is 11.6 Å². The van der Waals surface area contributed by atoms with E-state index in [1.807, 2.05) is 7.05 Å². The molecule has 4 aliphatic rings. The molecule has 0 aromatic heterocycles. The largest absolute Gasteiger partial charge is 0.354 e. The van der Waals surface area contributed by atoms with Crippen molar-refractivity contribution in [3.05, 3.63) is 12.2 Å². The molecular formula is C22H41IN6. The summed E-state index contributed by atoms with van der Waals surface area (Å²) in [5.74, 6) is 1.12. The van der Waals surface area contributed by atoms with E-state index in [9.17, 15) is 0 Å². The maximum Gasteiger partial charge on any atom is 0.193 e. The van der Waals surface area contributed by atoms with E-state index < -0.39 is 0 Å². The second kappa shape index (κ2) is 10.8. The van der Waals surface area contributed by atoms with Gasteiger partial charge in [-0.3, -0.25) is 14.8 Å². The Hall–Kier alpha value is -0.380. The van der Waals surface area contributed by atoms with Crippen LogP contribution in [0.3, 0.4) is 0 Å². The number of nitrogens with zero attached hydrogens (tertiary/aromatic N) is 5. The molecule has 4 heterocycles. The Morgan fingerprint density at radius 1 is 1.03 bits per heavy atom. The van der Waals surface area contributed by atoms with Crippen molar-refractivity contribution in [2.75, 3.05) is 73.0 Å². The van der Waals surface area contributed by atoms with Crippen LogP contribution in [0.25, 0.3) is 0 Å². The van der Waals surface area contributed by atoms with Gasteiger partial charge in [0.1, 0.15) is 0 Å². The van der Waals surface area contributed by atoms with Crippen molar-refractivity contribution in [1.29, 1.82) is 0 Å². The van der Waals surface area contributed by atoms with Crippen LogP contribution in [0.15, 0.2) is 17.1 Å². The highest BCUT2D eigenvalue weighted by atomic mass is 127. The molecule has 0 aliphatic carbocycles. The topological polar surface area (TPSA) is 37.4 Å². The summed E-state index contributed by atoms with van der Waals surface area (Å²) in [5.41, 5.74) is 0.306. The van der Waals surface area contributed by atoms with Gasteiger partial charge in [0, 0.05) is 51.4 Å². The summed E-state index contributed by atoms with van der Waals surface area (Å²) in [4.78, 5) is 15.1.